The van der Waals surface area contributed by atoms with Gasteiger partial charge in [-0.1, -0.05) is 66.4 Å². The molecule has 30 heavy (non-hydrogen) atoms. The summed E-state index contributed by atoms with van der Waals surface area (Å²) in [5.41, 5.74) is 2.96. The maximum Gasteiger partial charge on any atom is 0.271 e. The van der Waals surface area contributed by atoms with E-state index in [1.807, 2.05) is 61.5 Å². The molecule has 2 aromatic carbocycles. The molecule has 0 aliphatic heterocycles. The van der Waals surface area contributed by atoms with Gasteiger partial charge in [0.15, 0.2) is 14.8 Å². The Labute approximate surface area is 186 Å². The molecule has 0 atom stereocenters. The first-order valence-electron chi connectivity index (χ1n) is 9.28. The topological polar surface area (TPSA) is 79.8 Å². The van der Waals surface area contributed by atoms with Crippen molar-refractivity contribution in [3.8, 4) is 5.69 Å². The van der Waals surface area contributed by atoms with E-state index >= 15 is 0 Å². The average Bonchev–Trinajstić information content (AvgIpc) is 3.10. The van der Waals surface area contributed by atoms with Gasteiger partial charge >= 0.3 is 0 Å². The zero-order valence-corrected chi connectivity index (χ0v) is 18.5. The molecule has 0 saturated carbocycles. The molecule has 2 aromatic heterocycles. The summed E-state index contributed by atoms with van der Waals surface area (Å²) in [5.74, 6) is -0.0308. The third-order valence-electron chi connectivity index (χ3n) is 4.45. The predicted molar refractivity (Wildman–Crippen MR) is 126 cm³/mol. The summed E-state index contributed by atoms with van der Waals surface area (Å²) in [6.45, 7) is 2.04. The number of hydrogen-bond acceptors (Lipinski definition) is 6. The minimum atomic E-state index is -0.259. The van der Waals surface area contributed by atoms with Crippen molar-refractivity contribution >= 4 is 57.3 Å². The van der Waals surface area contributed by atoms with Crippen LogP contribution < -0.4 is 10.9 Å². The maximum absolute atomic E-state index is 12.6. The average molecular weight is 455 g/mol. The van der Waals surface area contributed by atoms with Gasteiger partial charge in [0.1, 0.15) is 4.70 Å². The van der Waals surface area contributed by atoms with Gasteiger partial charge < -0.3 is 10.3 Å². The van der Waals surface area contributed by atoms with Gasteiger partial charge in [-0.3, -0.25) is 14.2 Å². The smallest absolute Gasteiger partial charge is 0.271 e. The fourth-order valence-electron chi connectivity index (χ4n) is 3.04. The van der Waals surface area contributed by atoms with Crippen LogP contribution in [0, 0.1) is 3.95 Å². The number of nitrogens with one attached hydrogen (secondary N) is 2. The summed E-state index contributed by atoms with van der Waals surface area (Å²) in [5, 5.41) is 3.30. The summed E-state index contributed by atoms with van der Waals surface area (Å²) >= 11 is 7.86. The Morgan fingerprint density at radius 3 is 2.70 bits per heavy atom. The Morgan fingerprint density at radius 1 is 1.20 bits per heavy atom. The normalized spacial score (nSPS) is 11.0. The number of aromatic amines is 1. The van der Waals surface area contributed by atoms with Crippen LogP contribution in [-0.4, -0.2) is 26.2 Å². The third kappa shape index (κ3) is 4.23. The van der Waals surface area contributed by atoms with E-state index in [1.165, 1.54) is 23.1 Å². The molecule has 2 N–H and O–H groups in total. The van der Waals surface area contributed by atoms with Crippen LogP contribution in [0.5, 0.6) is 0 Å². The maximum atomic E-state index is 12.6. The standard InChI is InChI=1S/C21H18N4O2S3/c1-2-13-8-6-7-11-15(13)22-16(26)12-29-20-23-18-17(19(27)24-20)30-21(28)25(18)14-9-4-3-5-10-14/h3-11H,2,12H2,1H3,(H,22,26)(H,23,24,27). The van der Waals surface area contributed by atoms with Gasteiger partial charge in [0, 0.05) is 11.4 Å². The molecule has 0 bridgehead atoms. The van der Waals surface area contributed by atoms with Crippen molar-refractivity contribution in [2.75, 3.05) is 11.1 Å². The van der Waals surface area contributed by atoms with Crippen molar-refractivity contribution in [3.63, 3.8) is 0 Å². The van der Waals surface area contributed by atoms with Gasteiger partial charge in [-0.05, 0) is 42.4 Å². The first-order chi connectivity index (χ1) is 14.6. The largest absolute Gasteiger partial charge is 0.325 e. The number of amides is 1. The van der Waals surface area contributed by atoms with Crippen LogP contribution >= 0.6 is 35.3 Å². The molecule has 0 unspecified atom stereocenters. The summed E-state index contributed by atoms with van der Waals surface area (Å²) in [6, 6.07) is 17.3. The number of benzene rings is 2. The van der Waals surface area contributed by atoms with E-state index in [0.717, 1.165) is 23.4 Å². The molecule has 2 heterocycles. The summed E-state index contributed by atoms with van der Waals surface area (Å²) < 4.78 is 2.80. The van der Waals surface area contributed by atoms with Gasteiger partial charge in [0.25, 0.3) is 5.56 Å². The summed E-state index contributed by atoms with van der Waals surface area (Å²) in [4.78, 5) is 32.3. The van der Waals surface area contributed by atoms with E-state index < -0.39 is 0 Å². The van der Waals surface area contributed by atoms with Crippen LogP contribution in [0.4, 0.5) is 5.69 Å². The molecule has 0 aliphatic carbocycles. The van der Waals surface area contributed by atoms with Gasteiger partial charge in [0.2, 0.25) is 5.91 Å². The number of carbonyl (C=O) groups is 1. The van der Waals surface area contributed by atoms with E-state index in [4.69, 9.17) is 12.2 Å². The molecule has 4 aromatic rings. The highest BCUT2D eigenvalue weighted by molar-refractivity contribution is 7.99. The molecule has 1 amide bonds. The van der Waals surface area contributed by atoms with Crippen LogP contribution in [0.3, 0.4) is 0 Å². The Balaban J connectivity index is 1.59. The predicted octanol–water partition coefficient (Wildman–Crippen LogP) is 4.80. The molecule has 0 saturated heterocycles. The first kappa shape index (κ1) is 20.5. The summed E-state index contributed by atoms with van der Waals surface area (Å²) in [6.07, 6.45) is 0.830. The van der Waals surface area contributed by atoms with Gasteiger partial charge in [-0.2, -0.15) is 0 Å². The number of H-pyrrole nitrogens is 1. The minimum absolute atomic E-state index is 0.128. The van der Waals surface area contributed by atoms with Crippen molar-refractivity contribution in [1.29, 1.82) is 0 Å². The first-order valence-corrected chi connectivity index (χ1v) is 11.5. The number of fused-ring (bicyclic) bond motifs is 1. The van der Waals surface area contributed by atoms with Gasteiger partial charge in [-0.25, -0.2) is 4.98 Å². The molecular formula is C21H18N4O2S3. The van der Waals surface area contributed by atoms with E-state index in [9.17, 15) is 9.59 Å². The van der Waals surface area contributed by atoms with E-state index in [0.29, 0.717) is 19.5 Å². The second-order valence-electron chi connectivity index (χ2n) is 6.41. The highest BCUT2D eigenvalue weighted by Crippen LogP contribution is 2.24. The van der Waals surface area contributed by atoms with E-state index in [-0.39, 0.29) is 17.2 Å². The molecule has 9 heteroatoms. The van der Waals surface area contributed by atoms with Crippen molar-refractivity contribution in [2.24, 2.45) is 0 Å². The summed E-state index contributed by atoms with van der Waals surface area (Å²) in [7, 11) is 0. The number of thiazole rings is 1. The van der Waals surface area contributed by atoms with Crippen molar-refractivity contribution in [1.82, 2.24) is 14.5 Å². The molecule has 6 nitrogen and oxygen atoms in total. The van der Waals surface area contributed by atoms with Gasteiger partial charge in [-0.15, -0.1) is 0 Å². The lowest BCUT2D eigenvalue weighted by atomic mass is 10.1. The molecule has 0 fully saturated rings. The van der Waals surface area contributed by atoms with Crippen molar-refractivity contribution in [2.45, 2.75) is 18.5 Å². The van der Waals surface area contributed by atoms with Crippen LogP contribution in [0.15, 0.2) is 64.5 Å². The second-order valence-corrected chi connectivity index (χ2v) is 9.02. The van der Waals surface area contributed by atoms with E-state index in [2.05, 4.69) is 15.3 Å². The number of nitrogens with zero attached hydrogens (tertiary/aromatic N) is 2. The Bertz CT molecular complexity index is 1330. The second kappa shape index (κ2) is 8.95. The van der Waals surface area contributed by atoms with Crippen LogP contribution in [0.25, 0.3) is 16.0 Å². The number of thioether (sulfide) groups is 1. The number of hydrogen-bond donors (Lipinski definition) is 2. The van der Waals surface area contributed by atoms with Gasteiger partial charge in [0.05, 0.1) is 5.75 Å². The zero-order valence-electron chi connectivity index (χ0n) is 16.0. The minimum Gasteiger partial charge on any atom is -0.325 e. The Hall–Kier alpha value is -2.75. The highest BCUT2D eigenvalue weighted by Gasteiger charge is 2.15. The fraction of sp³-hybridized carbons (Fsp3) is 0.143. The number of rotatable bonds is 6. The van der Waals surface area contributed by atoms with Crippen LogP contribution in [-0.2, 0) is 11.2 Å². The zero-order chi connectivity index (χ0) is 21.1. The number of carbonyl (C=O) groups excluding carboxylic acids is 1. The SMILES string of the molecule is CCc1ccccc1NC(=O)CSc1nc2c(sc(=S)n2-c2ccccc2)c(=O)[nH]1. The molecule has 0 radical (unpaired) electrons. The lowest BCUT2D eigenvalue weighted by Gasteiger charge is -2.09. The lowest BCUT2D eigenvalue weighted by Crippen LogP contribution is -2.16. The molecule has 4 rings (SSSR count). The third-order valence-corrected chi connectivity index (χ3v) is 6.68. The van der Waals surface area contributed by atoms with E-state index in [1.54, 1.807) is 4.57 Å². The number of para-hydroxylation sites is 2. The molecule has 0 aliphatic rings. The van der Waals surface area contributed by atoms with Crippen molar-refractivity contribution in [3.05, 3.63) is 74.5 Å². The monoisotopic (exact) mass is 454 g/mol. The molecule has 152 valence electrons. The Morgan fingerprint density at radius 2 is 1.93 bits per heavy atom. The number of aryl methyl sites for hydroxylation is 1. The quantitative estimate of drug-likeness (QED) is 0.249. The number of aromatic nitrogens is 3. The van der Waals surface area contributed by atoms with Crippen LogP contribution in [0.1, 0.15) is 12.5 Å². The Kier molecular flexibility index (Phi) is 6.12. The fourth-order valence-corrected chi connectivity index (χ4v) is 4.96. The number of anilines is 1. The lowest BCUT2D eigenvalue weighted by molar-refractivity contribution is -0.113. The van der Waals surface area contributed by atoms with Crippen molar-refractivity contribution < 1.29 is 4.79 Å². The molecule has 0 spiro atoms. The van der Waals surface area contributed by atoms with Crippen LogP contribution in [0.2, 0.25) is 0 Å². The molecular weight excluding hydrogens is 436 g/mol. The highest BCUT2D eigenvalue weighted by atomic mass is 32.2.